The van der Waals surface area contributed by atoms with Crippen molar-refractivity contribution >= 4 is 29.9 Å². The normalized spacial score (nSPS) is 15.7. The van der Waals surface area contributed by atoms with Gasteiger partial charge in [-0.15, -0.1) is 24.0 Å². The highest BCUT2D eigenvalue weighted by Gasteiger charge is 2.22. The molecule has 2 N–H and O–H groups in total. The topological polar surface area (TPSA) is 39.7 Å². The Morgan fingerprint density at radius 1 is 1.20 bits per heavy atom. The molecule has 0 aliphatic heterocycles. The summed E-state index contributed by atoms with van der Waals surface area (Å²) >= 11 is 0. The molecule has 5 heteroatoms. The summed E-state index contributed by atoms with van der Waals surface area (Å²) in [6.07, 6.45) is 3.70. The zero-order valence-electron chi connectivity index (χ0n) is 13.8. The van der Waals surface area contributed by atoms with E-state index in [0.29, 0.717) is 18.1 Å². The van der Waals surface area contributed by atoms with Crippen molar-refractivity contribution in [2.75, 3.05) is 19.6 Å². The molecule has 0 aromatic rings. The predicted octanol–water partition coefficient (Wildman–Crippen LogP) is 2.83. The highest BCUT2D eigenvalue weighted by molar-refractivity contribution is 14.0. The Balaban J connectivity index is 0.00000361. The van der Waals surface area contributed by atoms with E-state index in [-0.39, 0.29) is 24.0 Å². The molecule has 1 aliphatic rings. The quantitative estimate of drug-likeness (QED) is 0.287. The largest absolute Gasteiger partial charge is 0.357 e. The first-order valence-corrected chi connectivity index (χ1v) is 7.85. The molecule has 0 atom stereocenters. The Morgan fingerprint density at radius 2 is 1.80 bits per heavy atom. The fraction of sp³-hybridized carbons (Fsp3) is 0.933. The minimum absolute atomic E-state index is 0. The first kappa shape index (κ1) is 20.0. The standard InChI is InChI=1S/C15H32N4.HI/c1-6-16-15(18-14-8-9-14)17-10-7-11-19(12(2)3)13(4)5;/h12-14H,6-11H2,1-5H3,(H2,16,17,18);1H. The van der Waals surface area contributed by atoms with Crippen LogP contribution in [0.2, 0.25) is 0 Å². The monoisotopic (exact) mass is 396 g/mol. The zero-order chi connectivity index (χ0) is 14.3. The van der Waals surface area contributed by atoms with Gasteiger partial charge in [-0.25, -0.2) is 0 Å². The van der Waals surface area contributed by atoms with Crippen LogP contribution in [0, 0.1) is 0 Å². The molecule has 0 radical (unpaired) electrons. The smallest absolute Gasteiger partial charge is 0.191 e. The number of guanidine groups is 1. The van der Waals surface area contributed by atoms with E-state index in [1.807, 2.05) is 0 Å². The fourth-order valence-electron chi connectivity index (χ4n) is 2.30. The number of hydrogen-bond donors (Lipinski definition) is 2. The summed E-state index contributed by atoms with van der Waals surface area (Å²) in [6, 6.07) is 1.89. The Bertz CT molecular complexity index is 267. The first-order valence-electron chi connectivity index (χ1n) is 7.85. The first-order chi connectivity index (χ1) is 9.04. The lowest BCUT2D eigenvalue weighted by Crippen LogP contribution is -2.39. The lowest BCUT2D eigenvalue weighted by Gasteiger charge is -2.30. The van der Waals surface area contributed by atoms with Gasteiger partial charge in [-0.2, -0.15) is 0 Å². The second-order valence-corrected chi connectivity index (χ2v) is 5.96. The maximum absolute atomic E-state index is 4.65. The summed E-state index contributed by atoms with van der Waals surface area (Å²) in [5.41, 5.74) is 0. The molecule has 20 heavy (non-hydrogen) atoms. The lowest BCUT2D eigenvalue weighted by atomic mass is 10.2. The van der Waals surface area contributed by atoms with Gasteiger partial charge in [0.1, 0.15) is 0 Å². The van der Waals surface area contributed by atoms with Crippen LogP contribution in [0.15, 0.2) is 4.99 Å². The van der Waals surface area contributed by atoms with E-state index in [0.717, 1.165) is 32.0 Å². The Kier molecular flexibility index (Phi) is 10.6. The maximum Gasteiger partial charge on any atom is 0.191 e. The van der Waals surface area contributed by atoms with Gasteiger partial charge in [-0.3, -0.25) is 9.89 Å². The summed E-state index contributed by atoms with van der Waals surface area (Å²) < 4.78 is 0. The molecule has 0 amide bonds. The molecule has 0 bridgehead atoms. The van der Waals surface area contributed by atoms with Gasteiger partial charge in [-0.05, 0) is 53.9 Å². The minimum Gasteiger partial charge on any atom is -0.357 e. The van der Waals surface area contributed by atoms with Gasteiger partial charge in [0, 0.05) is 37.8 Å². The number of halogens is 1. The number of rotatable bonds is 8. The summed E-state index contributed by atoms with van der Waals surface area (Å²) in [4.78, 5) is 7.18. The van der Waals surface area contributed by atoms with Crippen LogP contribution in [-0.2, 0) is 0 Å². The fourth-order valence-corrected chi connectivity index (χ4v) is 2.30. The zero-order valence-corrected chi connectivity index (χ0v) is 16.1. The molecular formula is C15H33IN4. The van der Waals surface area contributed by atoms with Crippen molar-refractivity contribution in [3.63, 3.8) is 0 Å². The molecule has 0 heterocycles. The molecule has 1 rings (SSSR count). The highest BCUT2D eigenvalue weighted by atomic mass is 127. The van der Waals surface area contributed by atoms with E-state index in [1.54, 1.807) is 0 Å². The van der Waals surface area contributed by atoms with Crippen molar-refractivity contribution in [2.24, 2.45) is 4.99 Å². The van der Waals surface area contributed by atoms with Gasteiger partial charge in [0.05, 0.1) is 0 Å². The van der Waals surface area contributed by atoms with E-state index in [2.05, 4.69) is 55.1 Å². The van der Waals surface area contributed by atoms with Gasteiger partial charge in [0.25, 0.3) is 0 Å². The molecular weight excluding hydrogens is 363 g/mol. The Labute approximate surface area is 142 Å². The van der Waals surface area contributed by atoms with Crippen molar-refractivity contribution in [2.45, 2.75) is 72.0 Å². The van der Waals surface area contributed by atoms with Crippen LogP contribution in [0.5, 0.6) is 0 Å². The molecule has 0 aromatic carbocycles. The van der Waals surface area contributed by atoms with E-state index < -0.39 is 0 Å². The SMILES string of the molecule is CCNC(=NCCCN(C(C)C)C(C)C)NC1CC1.I. The minimum atomic E-state index is 0. The van der Waals surface area contributed by atoms with Crippen molar-refractivity contribution in [1.82, 2.24) is 15.5 Å². The van der Waals surface area contributed by atoms with Gasteiger partial charge >= 0.3 is 0 Å². The summed E-state index contributed by atoms with van der Waals surface area (Å²) in [7, 11) is 0. The molecule has 0 aromatic heterocycles. The Hall–Kier alpha value is -0.0400. The molecule has 120 valence electrons. The van der Waals surface area contributed by atoms with Crippen LogP contribution >= 0.6 is 24.0 Å². The number of aliphatic imine (C=N–C) groups is 1. The average molecular weight is 396 g/mol. The second-order valence-electron chi connectivity index (χ2n) is 5.96. The lowest BCUT2D eigenvalue weighted by molar-refractivity contribution is 0.174. The van der Waals surface area contributed by atoms with Gasteiger partial charge in [0.2, 0.25) is 0 Å². The van der Waals surface area contributed by atoms with E-state index in [1.165, 1.54) is 12.8 Å². The van der Waals surface area contributed by atoms with Gasteiger partial charge in [-0.1, -0.05) is 0 Å². The molecule has 1 aliphatic carbocycles. The van der Waals surface area contributed by atoms with Crippen molar-refractivity contribution in [3.8, 4) is 0 Å². The number of nitrogens with one attached hydrogen (secondary N) is 2. The van der Waals surface area contributed by atoms with Crippen LogP contribution in [0.4, 0.5) is 0 Å². The summed E-state index contributed by atoms with van der Waals surface area (Å²) in [5, 5.41) is 6.76. The van der Waals surface area contributed by atoms with Crippen LogP contribution in [-0.4, -0.2) is 48.6 Å². The van der Waals surface area contributed by atoms with Crippen molar-refractivity contribution in [3.05, 3.63) is 0 Å². The maximum atomic E-state index is 4.65. The molecule has 0 saturated heterocycles. The summed E-state index contributed by atoms with van der Waals surface area (Å²) in [5.74, 6) is 0.991. The molecule has 0 spiro atoms. The van der Waals surface area contributed by atoms with Crippen molar-refractivity contribution in [1.29, 1.82) is 0 Å². The van der Waals surface area contributed by atoms with E-state index in [9.17, 15) is 0 Å². The molecule has 0 unspecified atom stereocenters. The van der Waals surface area contributed by atoms with E-state index in [4.69, 9.17) is 0 Å². The molecule has 1 fully saturated rings. The molecule has 1 saturated carbocycles. The third-order valence-electron chi connectivity index (χ3n) is 3.43. The van der Waals surface area contributed by atoms with Crippen LogP contribution in [0.1, 0.15) is 53.9 Å². The third kappa shape index (κ3) is 8.29. The molecule has 4 nitrogen and oxygen atoms in total. The average Bonchev–Trinajstić information content (AvgIpc) is 3.11. The van der Waals surface area contributed by atoms with E-state index >= 15 is 0 Å². The third-order valence-corrected chi connectivity index (χ3v) is 3.43. The predicted molar refractivity (Wildman–Crippen MR) is 99.1 cm³/mol. The summed E-state index contributed by atoms with van der Waals surface area (Å²) in [6.45, 7) is 14.1. The van der Waals surface area contributed by atoms with Crippen LogP contribution in [0.3, 0.4) is 0 Å². The van der Waals surface area contributed by atoms with Crippen LogP contribution < -0.4 is 10.6 Å². The Morgan fingerprint density at radius 3 is 2.25 bits per heavy atom. The van der Waals surface area contributed by atoms with Crippen LogP contribution in [0.25, 0.3) is 0 Å². The van der Waals surface area contributed by atoms with Crippen molar-refractivity contribution < 1.29 is 0 Å². The second kappa shape index (κ2) is 10.7. The number of hydrogen-bond acceptors (Lipinski definition) is 2. The highest BCUT2D eigenvalue weighted by Crippen LogP contribution is 2.18. The van der Waals surface area contributed by atoms with Gasteiger partial charge < -0.3 is 10.6 Å². The number of nitrogens with zero attached hydrogens (tertiary/aromatic N) is 2. The van der Waals surface area contributed by atoms with Gasteiger partial charge in [0.15, 0.2) is 5.96 Å².